The fourth-order valence-electron chi connectivity index (χ4n) is 2.40. The van der Waals surface area contributed by atoms with Crippen LogP contribution >= 0.6 is 0 Å². The first-order valence-electron chi connectivity index (χ1n) is 5.18. The first-order chi connectivity index (χ1) is 8.36. The van der Waals surface area contributed by atoms with Crippen LogP contribution in [-0.2, 0) is 14.6 Å². The number of sulfone groups is 1. The van der Waals surface area contributed by atoms with E-state index in [2.05, 4.69) is 0 Å². The van der Waals surface area contributed by atoms with E-state index in [1.165, 1.54) is 24.3 Å². The van der Waals surface area contributed by atoms with Gasteiger partial charge in [-0.2, -0.15) is 5.26 Å². The zero-order valence-corrected chi connectivity index (χ0v) is 10.3. The van der Waals surface area contributed by atoms with Gasteiger partial charge in [-0.3, -0.25) is 0 Å². The molecule has 0 aromatic heterocycles. The lowest BCUT2D eigenvalue weighted by molar-refractivity contribution is -0.110. The summed E-state index contributed by atoms with van der Waals surface area (Å²) in [6.45, 7) is 0. The third kappa shape index (κ3) is 1.71. The van der Waals surface area contributed by atoms with E-state index in [1.807, 2.05) is 0 Å². The molecule has 94 valence electrons. The van der Waals surface area contributed by atoms with E-state index in [9.17, 15) is 17.6 Å². The normalized spacial score (nSPS) is 30.5. The van der Waals surface area contributed by atoms with E-state index in [0.29, 0.717) is 11.8 Å². The van der Waals surface area contributed by atoms with Gasteiger partial charge in [0.15, 0.2) is 9.84 Å². The molecule has 0 N–H and O–H groups in total. The van der Waals surface area contributed by atoms with Gasteiger partial charge >= 0.3 is 0 Å². The minimum absolute atomic E-state index is 0.382. The van der Waals surface area contributed by atoms with E-state index >= 15 is 0 Å². The number of benzene rings is 1. The van der Waals surface area contributed by atoms with Crippen molar-refractivity contribution in [1.82, 2.24) is 0 Å². The third-order valence-corrected chi connectivity index (χ3v) is 4.84. The Balaban J connectivity index is 2.49. The van der Waals surface area contributed by atoms with Crippen LogP contribution in [0.3, 0.4) is 0 Å². The van der Waals surface area contributed by atoms with Gasteiger partial charge in [0.2, 0.25) is 0 Å². The number of aldehydes is 1. The summed E-state index contributed by atoms with van der Waals surface area (Å²) < 4.78 is 36.0. The molecule has 3 atom stereocenters. The van der Waals surface area contributed by atoms with Crippen molar-refractivity contribution in [2.24, 2.45) is 5.41 Å². The maximum Gasteiger partial charge on any atom is 0.153 e. The summed E-state index contributed by atoms with van der Waals surface area (Å²) in [5.41, 5.74) is -1.05. The Morgan fingerprint density at radius 1 is 1.39 bits per heavy atom. The molecule has 18 heavy (non-hydrogen) atoms. The zero-order chi connectivity index (χ0) is 13.6. The van der Waals surface area contributed by atoms with Crippen molar-refractivity contribution in [3.63, 3.8) is 0 Å². The monoisotopic (exact) mass is 267 g/mol. The SMILES string of the molecule is CS(=O)(=O)[C@H]1[C@@H](c2ccc(F)cc2)[C@@]1(C#N)C=O. The average molecular weight is 267 g/mol. The zero-order valence-electron chi connectivity index (χ0n) is 9.50. The number of nitrogens with zero attached hydrogens (tertiary/aromatic N) is 1. The van der Waals surface area contributed by atoms with Crippen molar-refractivity contribution in [2.45, 2.75) is 11.2 Å². The van der Waals surface area contributed by atoms with Crippen molar-refractivity contribution >= 4 is 16.1 Å². The number of halogens is 1. The highest BCUT2D eigenvalue weighted by Crippen LogP contribution is 2.61. The van der Waals surface area contributed by atoms with Gasteiger partial charge < -0.3 is 4.79 Å². The minimum Gasteiger partial charge on any atom is -0.302 e. The summed E-state index contributed by atoms with van der Waals surface area (Å²) in [6, 6.07) is 6.95. The Labute approximate surface area is 104 Å². The van der Waals surface area contributed by atoms with Gasteiger partial charge in [-0.1, -0.05) is 12.1 Å². The van der Waals surface area contributed by atoms with Gasteiger partial charge in [0.1, 0.15) is 17.5 Å². The average Bonchev–Trinajstić information content (AvgIpc) is 3.00. The first kappa shape index (κ1) is 12.7. The molecule has 1 aliphatic carbocycles. The summed E-state index contributed by atoms with van der Waals surface area (Å²) in [4.78, 5) is 11.1. The molecule has 0 saturated heterocycles. The van der Waals surface area contributed by atoms with Gasteiger partial charge in [0, 0.05) is 12.2 Å². The number of hydrogen-bond donors (Lipinski definition) is 0. The molecule has 0 radical (unpaired) electrons. The summed E-state index contributed by atoms with van der Waals surface area (Å²) in [6.07, 6.45) is 1.38. The molecule has 1 aromatic rings. The maximum atomic E-state index is 12.8. The highest BCUT2D eigenvalue weighted by molar-refractivity contribution is 7.91. The molecule has 4 nitrogen and oxygen atoms in total. The lowest BCUT2D eigenvalue weighted by Crippen LogP contribution is -2.14. The van der Waals surface area contributed by atoms with E-state index < -0.39 is 32.2 Å². The van der Waals surface area contributed by atoms with Crippen LogP contribution in [0.5, 0.6) is 0 Å². The largest absolute Gasteiger partial charge is 0.302 e. The van der Waals surface area contributed by atoms with E-state index in [-0.39, 0.29) is 0 Å². The predicted molar refractivity (Wildman–Crippen MR) is 61.9 cm³/mol. The summed E-state index contributed by atoms with van der Waals surface area (Å²) in [5, 5.41) is 8.01. The molecule has 0 spiro atoms. The standard InChI is InChI=1S/C12H10FNO3S/c1-18(16,17)11-10(12(11,6-14)7-15)8-2-4-9(13)5-3-8/h2-5,7,10-11H,1H3/t10-,11+,12-/m1/s1. The molecule has 0 bridgehead atoms. The molecule has 1 aromatic carbocycles. The van der Waals surface area contributed by atoms with Gasteiger partial charge in [0.05, 0.1) is 11.3 Å². The predicted octanol–water partition coefficient (Wildman–Crippen LogP) is 1.04. The van der Waals surface area contributed by atoms with Crippen molar-refractivity contribution < 1.29 is 17.6 Å². The molecule has 2 rings (SSSR count). The Kier molecular flexibility index (Phi) is 2.74. The molecule has 0 unspecified atom stereocenters. The lowest BCUT2D eigenvalue weighted by Gasteiger charge is -1.99. The summed E-state index contributed by atoms with van der Waals surface area (Å²) >= 11 is 0. The highest BCUT2D eigenvalue weighted by atomic mass is 32.2. The second-order valence-corrected chi connectivity index (χ2v) is 6.61. The van der Waals surface area contributed by atoms with Crippen LogP contribution < -0.4 is 0 Å². The Morgan fingerprint density at radius 2 is 1.94 bits per heavy atom. The van der Waals surface area contributed by atoms with Crippen LogP contribution in [0.1, 0.15) is 11.5 Å². The van der Waals surface area contributed by atoms with Crippen LogP contribution in [0.25, 0.3) is 0 Å². The number of nitriles is 1. The molecule has 1 saturated carbocycles. The summed E-state index contributed by atoms with van der Waals surface area (Å²) in [5.74, 6) is -1.17. The van der Waals surface area contributed by atoms with Gasteiger partial charge in [0.25, 0.3) is 0 Å². The second kappa shape index (κ2) is 3.89. The Morgan fingerprint density at radius 3 is 2.28 bits per heavy atom. The number of rotatable bonds is 3. The van der Waals surface area contributed by atoms with Crippen LogP contribution in [0.15, 0.2) is 24.3 Å². The molecule has 1 fully saturated rings. The maximum absolute atomic E-state index is 12.8. The molecule has 6 heteroatoms. The Hall–Kier alpha value is -1.74. The molecular formula is C12H10FNO3S. The van der Waals surface area contributed by atoms with E-state index in [0.717, 1.165) is 6.26 Å². The van der Waals surface area contributed by atoms with E-state index in [1.54, 1.807) is 6.07 Å². The van der Waals surface area contributed by atoms with Gasteiger partial charge in [-0.15, -0.1) is 0 Å². The van der Waals surface area contributed by atoms with Crippen molar-refractivity contribution in [2.75, 3.05) is 6.26 Å². The second-order valence-electron chi connectivity index (χ2n) is 4.44. The molecule has 0 amide bonds. The van der Waals surface area contributed by atoms with Crippen LogP contribution in [0, 0.1) is 22.6 Å². The van der Waals surface area contributed by atoms with Gasteiger partial charge in [-0.25, -0.2) is 12.8 Å². The Bertz CT molecular complexity index is 632. The number of hydrogen-bond acceptors (Lipinski definition) is 4. The number of carbonyl (C=O) groups is 1. The van der Waals surface area contributed by atoms with Crippen molar-refractivity contribution in [1.29, 1.82) is 5.26 Å². The fraction of sp³-hybridized carbons (Fsp3) is 0.333. The number of carbonyl (C=O) groups excluding carboxylic acids is 1. The summed E-state index contributed by atoms with van der Waals surface area (Å²) in [7, 11) is -3.52. The van der Waals surface area contributed by atoms with Crippen LogP contribution in [-0.4, -0.2) is 26.2 Å². The molecule has 1 aliphatic rings. The van der Waals surface area contributed by atoms with Gasteiger partial charge in [-0.05, 0) is 17.7 Å². The van der Waals surface area contributed by atoms with Crippen molar-refractivity contribution in [3.8, 4) is 6.07 Å². The third-order valence-electron chi connectivity index (χ3n) is 3.26. The topological polar surface area (TPSA) is 75.0 Å². The first-order valence-corrected chi connectivity index (χ1v) is 7.14. The van der Waals surface area contributed by atoms with Crippen LogP contribution in [0.4, 0.5) is 4.39 Å². The molecule has 0 aliphatic heterocycles. The van der Waals surface area contributed by atoms with E-state index in [4.69, 9.17) is 5.26 Å². The smallest absolute Gasteiger partial charge is 0.153 e. The molecule has 0 heterocycles. The van der Waals surface area contributed by atoms with Crippen LogP contribution in [0.2, 0.25) is 0 Å². The highest BCUT2D eigenvalue weighted by Gasteiger charge is 2.71. The fourth-order valence-corrected chi connectivity index (χ4v) is 4.16. The lowest BCUT2D eigenvalue weighted by atomic mass is 10.0. The minimum atomic E-state index is -3.52. The van der Waals surface area contributed by atoms with Crippen molar-refractivity contribution in [3.05, 3.63) is 35.6 Å². The quantitative estimate of drug-likeness (QED) is 0.767. The molecular weight excluding hydrogens is 257 g/mol.